The number of carbonyl (C=O) groups is 2. The van der Waals surface area contributed by atoms with Crippen molar-refractivity contribution < 1.29 is 19.1 Å². The summed E-state index contributed by atoms with van der Waals surface area (Å²) in [4.78, 5) is 25.7. The van der Waals surface area contributed by atoms with E-state index in [-0.39, 0.29) is 13.2 Å². The summed E-state index contributed by atoms with van der Waals surface area (Å²) in [6.45, 7) is 3.80. The third kappa shape index (κ3) is 3.91. The summed E-state index contributed by atoms with van der Waals surface area (Å²) in [5.74, 6) is 0. The van der Waals surface area contributed by atoms with E-state index in [0.717, 1.165) is 11.1 Å². The molecule has 0 aromatic heterocycles. The maximum atomic E-state index is 12.9. The van der Waals surface area contributed by atoms with E-state index in [1.54, 1.807) is 26.0 Å². The van der Waals surface area contributed by atoms with Crippen molar-refractivity contribution in [2.24, 2.45) is 0 Å². The highest BCUT2D eigenvalue weighted by Crippen LogP contribution is 2.34. The summed E-state index contributed by atoms with van der Waals surface area (Å²) in [7, 11) is 0. The van der Waals surface area contributed by atoms with Crippen molar-refractivity contribution in [3.05, 3.63) is 83.9 Å². The number of rotatable bonds is 4. The molecular weight excluding hydrogens is 356 g/mol. The highest BCUT2D eigenvalue weighted by molar-refractivity contribution is 5.93. The van der Waals surface area contributed by atoms with Crippen molar-refractivity contribution >= 4 is 23.6 Å². The molecule has 0 spiro atoms. The second-order valence-corrected chi connectivity index (χ2v) is 5.86. The number of ether oxygens (including phenoxy) is 2. The van der Waals surface area contributed by atoms with Gasteiger partial charge in [-0.05, 0) is 26.0 Å². The van der Waals surface area contributed by atoms with Crippen LogP contribution in [0.15, 0.2) is 72.8 Å². The van der Waals surface area contributed by atoms with Crippen molar-refractivity contribution in [1.82, 2.24) is 10.0 Å². The quantitative estimate of drug-likeness (QED) is 0.758. The molecular formula is C22H22N2O4. The molecule has 0 radical (unpaired) electrons. The Morgan fingerprint density at radius 1 is 0.679 bits per heavy atom. The summed E-state index contributed by atoms with van der Waals surface area (Å²) < 4.78 is 10.5. The largest absolute Gasteiger partial charge is 0.448 e. The molecule has 3 rings (SSSR count). The van der Waals surface area contributed by atoms with Gasteiger partial charge in [0.1, 0.15) is 0 Å². The van der Waals surface area contributed by atoms with E-state index in [1.807, 2.05) is 60.7 Å². The van der Waals surface area contributed by atoms with Gasteiger partial charge in [0.2, 0.25) is 0 Å². The topological polar surface area (TPSA) is 59.1 Å². The van der Waals surface area contributed by atoms with Crippen molar-refractivity contribution in [2.75, 3.05) is 13.2 Å². The van der Waals surface area contributed by atoms with Crippen LogP contribution in [0.3, 0.4) is 0 Å². The Kier molecular flexibility index (Phi) is 6.11. The van der Waals surface area contributed by atoms with Crippen LogP contribution in [0.1, 0.15) is 25.0 Å². The summed E-state index contributed by atoms with van der Waals surface area (Å²) >= 11 is 0. The molecule has 0 unspecified atom stereocenters. The van der Waals surface area contributed by atoms with Crippen LogP contribution < -0.4 is 0 Å². The maximum Gasteiger partial charge on any atom is 0.434 e. The number of hydrogen-bond donors (Lipinski definition) is 0. The molecule has 2 aromatic carbocycles. The van der Waals surface area contributed by atoms with Crippen LogP contribution in [-0.2, 0) is 9.47 Å². The Morgan fingerprint density at radius 3 is 1.36 bits per heavy atom. The van der Waals surface area contributed by atoms with Gasteiger partial charge in [0.05, 0.1) is 24.6 Å². The lowest BCUT2D eigenvalue weighted by atomic mass is 10.1. The van der Waals surface area contributed by atoms with Crippen LogP contribution in [0.5, 0.6) is 0 Å². The molecule has 0 saturated heterocycles. The van der Waals surface area contributed by atoms with E-state index < -0.39 is 12.2 Å². The van der Waals surface area contributed by atoms with Crippen LogP contribution >= 0.6 is 0 Å². The fourth-order valence-corrected chi connectivity index (χ4v) is 2.90. The number of benzene rings is 2. The standard InChI is InChI=1S/C22H22N2O4/c1-3-27-21(25)23-19(17-11-7-5-8-12-17)15-16-20(18-13-9-6-10-14-18)24(23)22(26)28-4-2/h5-16H,3-4H2,1-2H3. The van der Waals surface area contributed by atoms with Crippen LogP contribution in [-0.4, -0.2) is 35.4 Å². The molecule has 144 valence electrons. The van der Waals surface area contributed by atoms with Crippen LogP contribution in [0.4, 0.5) is 9.59 Å². The number of hydrazine groups is 1. The Hall–Kier alpha value is -3.54. The van der Waals surface area contributed by atoms with Crippen LogP contribution in [0, 0.1) is 0 Å². The molecule has 0 bridgehead atoms. The zero-order valence-electron chi connectivity index (χ0n) is 15.9. The van der Waals surface area contributed by atoms with Crippen LogP contribution in [0.25, 0.3) is 11.4 Å². The average Bonchev–Trinajstić information content (AvgIpc) is 2.74. The van der Waals surface area contributed by atoms with E-state index in [4.69, 9.17) is 9.47 Å². The van der Waals surface area contributed by atoms with E-state index in [9.17, 15) is 9.59 Å². The Balaban J connectivity index is 2.16. The Morgan fingerprint density at radius 2 is 1.04 bits per heavy atom. The van der Waals surface area contributed by atoms with E-state index in [1.165, 1.54) is 10.0 Å². The molecule has 1 heterocycles. The number of hydrogen-bond acceptors (Lipinski definition) is 4. The first-order valence-electron chi connectivity index (χ1n) is 9.13. The van der Waals surface area contributed by atoms with Gasteiger partial charge in [-0.15, -0.1) is 0 Å². The van der Waals surface area contributed by atoms with Crippen molar-refractivity contribution in [1.29, 1.82) is 0 Å². The third-order valence-corrected chi connectivity index (χ3v) is 4.08. The fourth-order valence-electron chi connectivity index (χ4n) is 2.90. The number of allylic oxidation sites excluding steroid dienone is 2. The van der Waals surface area contributed by atoms with E-state index in [0.29, 0.717) is 11.4 Å². The lowest BCUT2D eigenvalue weighted by Gasteiger charge is -2.38. The molecule has 0 atom stereocenters. The van der Waals surface area contributed by atoms with Gasteiger partial charge in [0.15, 0.2) is 0 Å². The van der Waals surface area contributed by atoms with Gasteiger partial charge >= 0.3 is 12.2 Å². The van der Waals surface area contributed by atoms with Crippen LogP contribution in [0.2, 0.25) is 0 Å². The molecule has 0 saturated carbocycles. The van der Waals surface area contributed by atoms with Crippen molar-refractivity contribution in [3.63, 3.8) is 0 Å². The van der Waals surface area contributed by atoms with Crippen molar-refractivity contribution in [3.8, 4) is 0 Å². The predicted molar refractivity (Wildman–Crippen MR) is 107 cm³/mol. The normalized spacial score (nSPS) is 13.5. The summed E-state index contributed by atoms with van der Waals surface area (Å²) in [5.41, 5.74) is 2.58. The highest BCUT2D eigenvalue weighted by atomic mass is 16.6. The minimum atomic E-state index is -0.660. The van der Waals surface area contributed by atoms with E-state index >= 15 is 0 Å². The Labute approximate surface area is 164 Å². The first-order valence-corrected chi connectivity index (χ1v) is 9.13. The number of nitrogens with zero attached hydrogens (tertiary/aromatic N) is 2. The van der Waals surface area contributed by atoms with E-state index in [2.05, 4.69) is 0 Å². The van der Waals surface area contributed by atoms with Gasteiger partial charge in [0, 0.05) is 11.1 Å². The number of amides is 2. The minimum absolute atomic E-state index is 0.179. The monoisotopic (exact) mass is 378 g/mol. The SMILES string of the molecule is CCOC(=O)N1C(c2ccccc2)=CC=C(c2ccccc2)N1C(=O)OCC. The van der Waals surface area contributed by atoms with Gasteiger partial charge in [-0.1, -0.05) is 60.7 Å². The molecule has 0 N–H and O–H groups in total. The molecule has 1 aliphatic heterocycles. The zero-order chi connectivity index (χ0) is 19.9. The molecule has 2 amide bonds. The first-order chi connectivity index (χ1) is 13.7. The second-order valence-electron chi connectivity index (χ2n) is 5.86. The highest BCUT2D eigenvalue weighted by Gasteiger charge is 2.37. The van der Waals surface area contributed by atoms with Gasteiger partial charge < -0.3 is 9.47 Å². The number of carbonyl (C=O) groups excluding carboxylic acids is 2. The lowest BCUT2D eigenvalue weighted by Crippen LogP contribution is -2.49. The second kappa shape index (κ2) is 8.90. The van der Waals surface area contributed by atoms with Crippen molar-refractivity contribution in [2.45, 2.75) is 13.8 Å². The average molecular weight is 378 g/mol. The minimum Gasteiger partial charge on any atom is -0.448 e. The maximum absolute atomic E-state index is 12.9. The Bertz CT molecular complexity index is 816. The van der Waals surface area contributed by atoms with Gasteiger partial charge in [0.25, 0.3) is 0 Å². The molecule has 28 heavy (non-hydrogen) atoms. The molecule has 6 heteroatoms. The zero-order valence-corrected chi connectivity index (χ0v) is 15.9. The molecule has 6 nitrogen and oxygen atoms in total. The first kappa shape index (κ1) is 19.2. The van der Waals surface area contributed by atoms with Gasteiger partial charge in [-0.2, -0.15) is 10.0 Å². The third-order valence-electron chi connectivity index (χ3n) is 4.08. The summed E-state index contributed by atoms with van der Waals surface area (Å²) in [6.07, 6.45) is 2.27. The fraction of sp³-hybridized carbons (Fsp3) is 0.182. The lowest BCUT2D eigenvalue weighted by molar-refractivity contribution is 0.0419. The molecule has 2 aromatic rings. The summed E-state index contributed by atoms with van der Waals surface area (Å²) in [5, 5.41) is 2.44. The molecule has 0 aliphatic carbocycles. The van der Waals surface area contributed by atoms with Gasteiger partial charge in [-0.3, -0.25) is 0 Å². The predicted octanol–water partition coefficient (Wildman–Crippen LogP) is 4.91. The smallest absolute Gasteiger partial charge is 0.434 e. The van der Waals surface area contributed by atoms with Gasteiger partial charge in [-0.25, -0.2) is 9.59 Å². The summed E-state index contributed by atoms with van der Waals surface area (Å²) in [6, 6.07) is 18.7. The molecule has 1 aliphatic rings. The molecule has 0 fully saturated rings.